The van der Waals surface area contributed by atoms with Gasteiger partial charge >= 0.3 is 0 Å². The Bertz CT molecular complexity index is 992. The van der Waals surface area contributed by atoms with E-state index in [4.69, 9.17) is 0 Å². The summed E-state index contributed by atoms with van der Waals surface area (Å²) >= 11 is 3.15. The number of thiazole rings is 1. The van der Waals surface area contributed by atoms with Crippen LogP contribution in [0.4, 0.5) is 0 Å². The van der Waals surface area contributed by atoms with Crippen molar-refractivity contribution in [1.82, 2.24) is 23.9 Å². The average molecular weight is 412 g/mol. The Morgan fingerprint density at radius 1 is 1.19 bits per heavy atom. The van der Waals surface area contributed by atoms with E-state index < -0.39 is 10.0 Å². The lowest BCUT2D eigenvalue weighted by Gasteiger charge is -2.18. The fraction of sp³-hybridized carbons (Fsp3) is 0.438. The summed E-state index contributed by atoms with van der Waals surface area (Å²) in [4.78, 5) is 4.80. The predicted molar refractivity (Wildman–Crippen MR) is 104 cm³/mol. The minimum Gasteiger partial charge on any atom is -0.276 e. The lowest BCUT2D eigenvalue weighted by Crippen LogP contribution is -2.30. The van der Waals surface area contributed by atoms with Gasteiger partial charge in [0.25, 0.3) is 0 Å². The zero-order valence-corrected chi connectivity index (χ0v) is 17.4. The summed E-state index contributed by atoms with van der Waals surface area (Å²) < 4.78 is 28.7. The smallest absolute Gasteiger partial charge is 0.244 e. The number of nitrogens with zero attached hydrogens (tertiary/aromatic N) is 5. The van der Waals surface area contributed by atoms with Crippen LogP contribution in [0.3, 0.4) is 0 Å². The van der Waals surface area contributed by atoms with E-state index in [2.05, 4.69) is 22.1 Å². The molecule has 0 spiro atoms. The molecule has 7 nitrogen and oxygen atoms in total. The number of aryl methyl sites for hydroxylation is 1. The van der Waals surface area contributed by atoms with E-state index in [0.29, 0.717) is 29.6 Å². The number of hydrogen-bond donors (Lipinski definition) is 0. The Labute approximate surface area is 161 Å². The summed E-state index contributed by atoms with van der Waals surface area (Å²) in [6, 6.07) is 3.27. The van der Waals surface area contributed by atoms with E-state index in [1.54, 1.807) is 34.1 Å². The van der Waals surface area contributed by atoms with Crippen LogP contribution in [0.2, 0.25) is 0 Å². The molecule has 0 radical (unpaired) electrons. The number of pyridine rings is 1. The molecule has 0 fully saturated rings. The lowest BCUT2D eigenvalue weighted by atomic mass is 10.5. The molecule has 10 heteroatoms. The zero-order valence-electron chi connectivity index (χ0n) is 14.9. The van der Waals surface area contributed by atoms with Gasteiger partial charge in [-0.3, -0.25) is 4.40 Å². The van der Waals surface area contributed by atoms with Crippen LogP contribution < -0.4 is 0 Å². The molecular formula is C16H21N5O2S3. The number of fused-ring (bicyclic) bond motifs is 1. The third-order valence-electron chi connectivity index (χ3n) is 3.94. The first kappa shape index (κ1) is 19.3. The molecule has 3 heterocycles. The first-order valence-electron chi connectivity index (χ1n) is 8.40. The molecule has 0 aliphatic rings. The fourth-order valence-electron chi connectivity index (χ4n) is 2.53. The molecule has 3 rings (SSSR count). The standard InChI is InChI=1S/C16H21N5O2S3/c1-4-15-17-12(10-24-15)11-25-16-19-18-14-8-7-13(9-21(14)16)26(22,23)20(5-2)6-3/h7-10H,4-6,11H2,1-3H3. The summed E-state index contributed by atoms with van der Waals surface area (Å²) in [5.74, 6) is 0.671. The second kappa shape index (κ2) is 8.03. The minimum atomic E-state index is -3.52. The largest absolute Gasteiger partial charge is 0.276 e. The van der Waals surface area contributed by atoms with Crippen molar-refractivity contribution in [2.24, 2.45) is 0 Å². The van der Waals surface area contributed by atoms with E-state index in [1.165, 1.54) is 16.1 Å². The number of hydrogen-bond acceptors (Lipinski definition) is 7. The maximum Gasteiger partial charge on any atom is 0.244 e. The van der Waals surface area contributed by atoms with E-state index in [9.17, 15) is 8.42 Å². The summed E-state index contributed by atoms with van der Waals surface area (Å²) in [5.41, 5.74) is 1.62. The predicted octanol–water partition coefficient (Wildman–Crippen LogP) is 3.07. The number of thioether (sulfide) groups is 1. The van der Waals surface area contributed by atoms with Gasteiger partial charge in [-0.25, -0.2) is 13.4 Å². The van der Waals surface area contributed by atoms with Gasteiger partial charge in [0.15, 0.2) is 10.8 Å². The highest BCUT2D eigenvalue weighted by molar-refractivity contribution is 7.98. The Balaban J connectivity index is 1.88. The quantitative estimate of drug-likeness (QED) is 0.530. The first-order chi connectivity index (χ1) is 12.5. The van der Waals surface area contributed by atoms with Crippen LogP contribution in [0.15, 0.2) is 33.8 Å². The fourth-order valence-corrected chi connectivity index (χ4v) is 5.65. The Morgan fingerprint density at radius 3 is 2.62 bits per heavy atom. The zero-order chi connectivity index (χ0) is 18.7. The molecule has 3 aromatic rings. The highest BCUT2D eigenvalue weighted by Crippen LogP contribution is 2.24. The Kier molecular flexibility index (Phi) is 5.96. The van der Waals surface area contributed by atoms with Crippen molar-refractivity contribution in [2.45, 2.75) is 43.0 Å². The van der Waals surface area contributed by atoms with Crippen LogP contribution in [0, 0.1) is 0 Å². The molecule has 0 bridgehead atoms. The van der Waals surface area contributed by atoms with Crippen LogP contribution in [0.1, 0.15) is 31.5 Å². The van der Waals surface area contributed by atoms with Crippen molar-refractivity contribution in [3.63, 3.8) is 0 Å². The summed E-state index contributed by atoms with van der Waals surface area (Å²) in [7, 11) is -3.52. The molecule has 0 unspecified atom stereocenters. The topological polar surface area (TPSA) is 80.5 Å². The highest BCUT2D eigenvalue weighted by Gasteiger charge is 2.22. The molecule has 3 aromatic heterocycles. The van der Waals surface area contributed by atoms with Gasteiger partial charge in [-0.1, -0.05) is 32.5 Å². The van der Waals surface area contributed by atoms with Gasteiger partial charge in [0.05, 0.1) is 15.6 Å². The summed E-state index contributed by atoms with van der Waals surface area (Å²) in [6.45, 7) is 6.62. The van der Waals surface area contributed by atoms with Gasteiger partial charge in [0.2, 0.25) is 10.0 Å². The molecule has 0 saturated heterocycles. The second-order valence-electron chi connectivity index (χ2n) is 5.54. The molecule has 0 aromatic carbocycles. The van der Waals surface area contributed by atoms with Crippen molar-refractivity contribution in [3.05, 3.63) is 34.4 Å². The number of rotatable bonds is 8. The third-order valence-corrected chi connectivity index (χ3v) is 7.99. The van der Waals surface area contributed by atoms with Gasteiger partial charge in [-0.15, -0.1) is 21.5 Å². The SMILES string of the molecule is CCc1nc(CSc2nnc3ccc(S(=O)(=O)N(CC)CC)cn23)cs1. The van der Waals surface area contributed by atoms with E-state index in [1.807, 2.05) is 19.2 Å². The van der Waals surface area contributed by atoms with Gasteiger partial charge in [0.1, 0.15) is 0 Å². The molecule has 0 aliphatic carbocycles. The maximum absolute atomic E-state index is 12.7. The van der Waals surface area contributed by atoms with Crippen LogP contribution in [0.5, 0.6) is 0 Å². The maximum atomic E-state index is 12.7. The van der Waals surface area contributed by atoms with Crippen molar-refractivity contribution < 1.29 is 8.42 Å². The molecule has 0 saturated carbocycles. The van der Waals surface area contributed by atoms with Crippen LogP contribution in [0.25, 0.3) is 5.65 Å². The lowest BCUT2D eigenvalue weighted by molar-refractivity contribution is 0.445. The van der Waals surface area contributed by atoms with Crippen molar-refractivity contribution in [1.29, 1.82) is 0 Å². The van der Waals surface area contributed by atoms with Crippen LogP contribution >= 0.6 is 23.1 Å². The van der Waals surface area contributed by atoms with Gasteiger partial charge in [0, 0.05) is 30.4 Å². The molecule has 0 N–H and O–H groups in total. The summed E-state index contributed by atoms with van der Waals surface area (Å²) in [5, 5.41) is 12.1. The molecular weight excluding hydrogens is 390 g/mol. The molecule has 26 heavy (non-hydrogen) atoms. The van der Waals surface area contributed by atoms with Crippen molar-refractivity contribution in [2.75, 3.05) is 13.1 Å². The van der Waals surface area contributed by atoms with Crippen LogP contribution in [-0.2, 0) is 22.2 Å². The van der Waals surface area contributed by atoms with E-state index in [0.717, 1.165) is 17.1 Å². The first-order valence-corrected chi connectivity index (χ1v) is 11.7. The number of sulfonamides is 1. The Hall–Kier alpha value is -1.49. The normalized spacial score (nSPS) is 12.3. The van der Waals surface area contributed by atoms with E-state index >= 15 is 0 Å². The minimum absolute atomic E-state index is 0.247. The molecule has 0 amide bonds. The Morgan fingerprint density at radius 2 is 1.96 bits per heavy atom. The third kappa shape index (κ3) is 3.78. The second-order valence-corrected chi connectivity index (χ2v) is 9.36. The van der Waals surface area contributed by atoms with Gasteiger partial charge < -0.3 is 0 Å². The molecule has 0 aliphatic heterocycles. The van der Waals surface area contributed by atoms with Crippen molar-refractivity contribution in [3.8, 4) is 0 Å². The van der Waals surface area contributed by atoms with E-state index in [-0.39, 0.29) is 4.90 Å². The van der Waals surface area contributed by atoms with Gasteiger partial charge in [-0.05, 0) is 18.6 Å². The van der Waals surface area contributed by atoms with Crippen molar-refractivity contribution >= 4 is 38.8 Å². The molecule has 0 atom stereocenters. The van der Waals surface area contributed by atoms with Gasteiger partial charge in [-0.2, -0.15) is 4.31 Å². The van der Waals surface area contributed by atoms with Crippen LogP contribution in [-0.4, -0.2) is 45.4 Å². The average Bonchev–Trinajstić information content (AvgIpc) is 3.26. The monoisotopic (exact) mass is 411 g/mol. The molecule has 140 valence electrons. The highest BCUT2D eigenvalue weighted by atomic mass is 32.2. The summed E-state index contributed by atoms with van der Waals surface area (Å²) in [6.07, 6.45) is 2.53. The number of aromatic nitrogens is 4.